The molecule has 4 aliphatic heterocycles. The lowest BCUT2D eigenvalue weighted by atomic mass is 9.92. The minimum absolute atomic E-state index is 0. The lowest BCUT2D eigenvalue weighted by molar-refractivity contribution is -0.133. The third-order valence-electron chi connectivity index (χ3n) is 18.7. The van der Waals surface area contributed by atoms with Crippen LogP contribution in [0.4, 0.5) is 0 Å². The summed E-state index contributed by atoms with van der Waals surface area (Å²) in [5.41, 5.74) is 35.7. The Labute approximate surface area is 765 Å². The van der Waals surface area contributed by atoms with E-state index in [4.69, 9.17) is 73.1 Å². The molecule has 0 aromatic carbocycles. The summed E-state index contributed by atoms with van der Waals surface area (Å²) in [6.45, 7) is 8.37. The van der Waals surface area contributed by atoms with Crippen molar-refractivity contribution < 1.29 is 76.5 Å². The Morgan fingerprint density at radius 3 is 1.07 bits per heavy atom. The highest BCUT2D eigenvalue weighted by atomic mass is 16.6. The molecule has 60 heteroatoms. The number of nitrogens with zero attached hydrogens (tertiary/aromatic N) is 32. The standard InChI is InChI=1S/C11H15N5O2.C10H12N6O3.C10H14N6O2.C8H10N6O3.C8H12N4O2.C7H9N5O2.C6H8N6O2.C6H10N4O2.8CH4/c12-7-1-3-8(4-2-7)16-6-9(14-15-16)11-13-5-10(17)18-11;17-10(18)9-14-13-8(19-9)7-5-16(15-12-7)6-1-3-11-4-2-6;11-6-1-3-7(4-2-6)16-5-8(13-15-16)9-12-10(17)18-14-9;9-2-1-3-14-4-5(10-13-14)6-11-12-7(17-6)8(15)16;13-8(14)7-5-12(11-10-7)6-1-3-9-4-2-6;8-1-2-12-4-5(10-11-12)7-9-3-6(13)14-7;7-1-2-12-3-4(9-11-12)5-8-6(13)14-10-5;7-2-1-3-10-4-5(6(11)12)8-9-10;;;;;;;;/h6-8H,1-5,12H2;5-6,11H,1-4H2,(H,17,18);5-7H,1-4,11H2,(H,12,14,17);4H,1-3,9H2,(H,15,16);5-6,9H,1-4H2,(H,13,14);4H,1-3,8H2;3H,1-2,7H2,(H,8,10,13);4H,1-3,7H2,(H,11,12);8*1H4. The molecule has 2 saturated heterocycles. The Balaban J connectivity index is 0.000000393. The van der Waals surface area contributed by atoms with Gasteiger partial charge in [-0.05, 0) is 129 Å². The molecule has 2 saturated carbocycles. The van der Waals surface area contributed by atoms with E-state index in [9.17, 15) is 38.4 Å². The summed E-state index contributed by atoms with van der Waals surface area (Å²) in [6.07, 6.45) is 26.5. The average Bonchev–Trinajstić information content (AvgIpc) is 1.67. The van der Waals surface area contributed by atoms with Gasteiger partial charge in [-0.25, -0.2) is 67.1 Å². The molecule has 6 aliphatic rings. The molecule has 736 valence electrons. The van der Waals surface area contributed by atoms with Crippen molar-refractivity contribution in [2.75, 3.05) is 65.4 Å². The number of ether oxygens (including phenoxy) is 2. The molecule has 12 aromatic rings. The first-order valence-electron chi connectivity index (χ1n) is 39.2. The number of cyclic esters (lactones) is 2. The van der Waals surface area contributed by atoms with E-state index in [-0.39, 0.29) is 131 Å². The van der Waals surface area contributed by atoms with Crippen molar-refractivity contribution in [3.05, 3.63) is 105 Å². The van der Waals surface area contributed by atoms with Crippen molar-refractivity contribution in [1.82, 2.24) is 171 Å². The monoisotopic (exact) mass is 1890 g/mol. The molecule has 0 atom stereocenters. The Hall–Kier alpha value is -14.9. The second-order valence-electron chi connectivity index (χ2n) is 27.9. The second-order valence-corrected chi connectivity index (χ2v) is 27.9. The van der Waals surface area contributed by atoms with E-state index >= 15 is 0 Å². The first kappa shape index (κ1) is 113. The number of hydrogen-bond donors (Lipinski definition) is 14. The number of esters is 2. The number of aryl methyl sites for hydroxylation is 2. The van der Waals surface area contributed by atoms with E-state index in [1.165, 1.54) is 17.1 Å². The van der Waals surface area contributed by atoms with E-state index in [1.807, 2.05) is 9.36 Å². The molecule has 0 unspecified atom stereocenters. The number of aromatic nitrogens is 32. The maximum absolute atomic E-state index is 11.0. The zero-order chi connectivity index (χ0) is 89.4. The number of aromatic amines is 2. The topological polar surface area (TPSA) is 848 Å². The first-order valence-corrected chi connectivity index (χ1v) is 39.2. The van der Waals surface area contributed by atoms with E-state index in [0.717, 1.165) is 116 Å². The molecule has 60 nitrogen and oxygen atoms in total. The van der Waals surface area contributed by atoms with Crippen LogP contribution in [-0.4, -0.2) is 306 Å². The van der Waals surface area contributed by atoms with Crippen molar-refractivity contribution in [3.63, 3.8) is 0 Å². The molecule has 16 heterocycles. The zero-order valence-electron chi connectivity index (χ0n) is 67.2. The second kappa shape index (κ2) is 56.6. The predicted octanol–water partition coefficient (Wildman–Crippen LogP) is 0.849. The fourth-order valence-electron chi connectivity index (χ4n) is 12.3. The van der Waals surface area contributed by atoms with Crippen LogP contribution in [-0.2, 0) is 45.2 Å². The van der Waals surface area contributed by atoms with Crippen LogP contribution in [0, 0.1) is 0 Å². The SMILES string of the molecule is C.C.C.C.C.C.C.C.NC1CCC(n2cc(-c3noc(=O)[nH]3)nn2)CC1.NC1CCC(n2cc(C3=NCC(=O)O3)nn2)CC1.NCCCn1cc(-c2nnc(C(=O)O)o2)nn1.NCCCn1cc(C(=O)O)nn1.NCCn1cc(-c2noc(=O)[nH]2)nn1.NCCn1cc(C2=NCC(=O)O2)nn1.O=C(O)c1cn(C2CCNCC2)nn1.O=C(O)c1nnc(-c2cn(C3CCNCC3)nn2)o1. The van der Waals surface area contributed by atoms with Crippen molar-refractivity contribution in [2.24, 2.45) is 44.4 Å². The van der Waals surface area contributed by atoms with Crippen LogP contribution in [0.15, 0.2) is 87.0 Å². The van der Waals surface area contributed by atoms with Crippen molar-refractivity contribution in [2.45, 2.75) is 212 Å². The number of hydrogen-bond acceptors (Lipinski definition) is 46. The molecule has 0 spiro atoms. The number of carboxylic acids is 4. The number of aliphatic imine (C=N–C) groups is 2. The van der Waals surface area contributed by atoms with E-state index in [0.29, 0.717) is 123 Å². The van der Waals surface area contributed by atoms with Gasteiger partial charge in [-0.15, -0.1) is 61.2 Å². The molecule has 20 N–H and O–H groups in total. The molecule has 12 aromatic heterocycles. The van der Waals surface area contributed by atoms with Crippen LogP contribution in [0.1, 0.15) is 227 Å². The van der Waals surface area contributed by atoms with Crippen molar-refractivity contribution in [3.8, 4) is 46.2 Å². The van der Waals surface area contributed by atoms with Gasteiger partial charge >= 0.3 is 59.1 Å². The molecule has 0 amide bonds. The van der Waals surface area contributed by atoms with Crippen molar-refractivity contribution in [1.29, 1.82) is 0 Å². The van der Waals surface area contributed by atoms with Gasteiger partial charge in [0.2, 0.25) is 23.4 Å². The Morgan fingerprint density at radius 1 is 0.358 bits per heavy atom. The quantitative estimate of drug-likeness (QED) is 0.0373. The fourth-order valence-corrected chi connectivity index (χ4v) is 12.3. The maximum Gasteiger partial charge on any atom is 0.439 e. The van der Waals surface area contributed by atoms with Crippen LogP contribution in [0.2, 0.25) is 0 Å². The third kappa shape index (κ3) is 33.5. The number of carbonyl (C=O) groups is 6. The van der Waals surface area contributed by atoms with Gasteiger partial charge in [-0.2, -0.15) is 0 Å². The Kier molecular flexibility index (Phi) is 47.9. The molecule has 2 aliphatic carbocycles. The number of piperidine rings is 2. The van der Waals surface area contributed by atoms with Crippen LogP contribution >= 0.6 is 0 Å². The van der Waals surface area contributed by atoms with Gasteiger partial charge in [0.1, 0.15) is 13.1 Å². The van der Waals surface area contributed by atoms with Gasteiger partial charge in [0.15, 0.2) is 45.6 Å². The van der Waals surface area contributed by atoms with Gasteiger partial charge in [0.05, 0.1) is 86.8 Å². The summed E-state index contributed by atoms with van der Waals surface area (Å²) in [6, 6.07) is 1.86. The molecule has 0 radical (unpaired) electrons. The summed E-state index contributed by atoms with van der Waals surface area (Å²) >= 11 is 0. The summed E-state index contributed by atoms with van der Waals surface area (Å²) < 4.78 is 41.6. The average molecular weight is 1890 g/mol. The lowest BCUT2D eigenvalue weighted by Gasteiger charge is -2.25. The highest BCUT2D eigenvalue weighted by Crippen LogP contribution is 2.30. The summed E-state index contributed by atoms with van der Waals surface area (Å²) in [7, 11) is 0. The normalized spacial score (nSPS) is 16.3. The van der Waals surface area contributed by atoms with Gasteiger partial charge in [-0.3, -0.25) is 37.7 Å². The minimum Gasteiger partial charge on any atom is -0.476 e. The Bertz CT molecular complexity index is 5650. The van der Waals surface area contributed by atoms with Crippen LogP contribution in [0.5, 0.6) is 0 Å². The van der Waals surface area contributed by atoms with E-state index in [1.54, 1.807) is 60.6 Å². The molecular formula is C74H122N42O18. The van der Waals surface area contributed by atoms with Gasteiger partial charge < -0.3 is 83.8 Å². The van der Waals surface area contributed by atoms with Crippen LogP contribution in [0.25, 0.3) is 46.2 Å². The number of rotatable bonds is 24. The summed E-state index contributed by atoms with van der Waals surface area (Å²) in [4.78, 5) is 98.0. The van der Waals surface area contributed by atoms with E-state index < -0.39 is 47.2 Å². The van der Waals surface area contributed by atoms with Gasteiger partial charge in [0, 0.05) is 38.3 Å². The summed E-state index contributed by atoms with van der Waals surface area (Å²) in [5, 5.41) is 123. The molecular weight excluding hydrogens is 1770 g/mol. The number of H-pyrrole nitrogens is 2. The molecule has 18 rings (SSSR count). The largest absolute Gasteiger partial charge is 0.476 e. The third-order valence-corrected chi connectivity index (χ3v) is 18.7. The molecule has 134 heavy (non-hydrogen) atoms. The van der Waals surface area contributed by atoms with Crippen LogP contribution in [0.3, 0.4) is 0 Å². The smallest absolute Gasteiger partial charge is 0.439 e. The highest BCUT2D eigenvalue weighted by molar-refractivity contribution is 6.04. The number of nitrogens with one attached hydrogen (secondary N) is 4. The lowest BCUT2D eigenvalue weighted by Crippen LogP contribution is -2.29. The Morgan fingerprint density at radius 2 is 0.679 bits per heavy atom. The molecule has 0 bridgehead atoms. The number of carboxylic acid groups (broad SMARTS) is 4. The first-order chi connectivity index (χ1) is 61.0. The number of aromatic carboxylic acids is 4. The molecule has 4 fully saturated rings. The fraction of sp³-hybridized carbons (Fsp3) is 0.568. The predicted molar refractivity (Wildman–Crippen MR) is 474 cm³/mol. The van der Waals surface area contributed by atoms with Gasteiger partial charge in [0.25, 0.3) is 11.8 Å². The van der Waals surface area contributed by atoms with Crippen molar-refractivity contribution >= 4 is 47.6 Å². The zero-order valence-corrected chi connectivity index (χ0v) is 67.2. The summed E-state index contributed by atoms with van der Waals surface area (Å²) in [5.74, 6) is -6.30. The number of carbonyl (C=O) groups excluding carboxylic acids is 2. The number of nitrogens with two attached hydrogens (primary N) is 6. The highest BCUT2D eigenvalue weighted by Gasteiger charge is 2.29. The maximum atomic E-state index is 11.0. The van der Waals surface area contributed by atoms with E-state index in [2.05, 4.69) is 153 Å². The van der Waals surface area contributed by atoms with Gasteiger partial charge in [-0.1, -0.05) is 111 Å². The minimum atomic E-state index is -1.28. The van der Waals surface area contributed by atoms with Crippen LogP contribution < -0.4 is 56.5 Å².